The predicted molar refractivity (Wildman–Crippen MR) is 541 cm³/mol. The number of halogens is 1. The van der Waals surface area contributed by atoms with E-state index in [0.29, 0.717) is 29.4 Å². The second kappa shape index (κ2) is 36.3. The number of aromatic nitrogens is 9. The fourth-order valence-electron chi connectivity index (χ4n) is 18.0. The van der Waals surface area contributed by atoms with Crippen molar-refractivity contribution in [2.24, 2.45) is 21.1 Å². The first kappa shape index (κ1) is 90.7. The van der Waals surface area contributed by atoms with Gasteiger partial charge in [0.05, 0.1) is 101 Å². The van der Waals surface area contributed by atoms with Crippen molar-refractivity contribution >= 4 is 132 Å². The summed E-state index contributed by atoms with van der Waals surface area (Å²) in [6.45, 7) is 29.8. The molecule has 0 aliphatic carbocycles. The lowest BCUT2D eigenvalue weighted by Crippen LogP contribution is -2.27. The summed E-state index contributed by atoms with van der Waals surface area (Å²) in [5, 5.41) is 19.9. The molecule has 0 spiro atoms. The van der Waals surface area contributed by atoms with Crippen LogP contribution in [0.25, 0.3) is 162 Å². The molecule has 133 heavy (non-hydrogen) atoms. The van der Waals surface area contributed by atoms with Gasteiger partial charge in [-0.3, -0.25) is 33.2 Å². The van der Waals surface area contributed by atoms with Crippen LogP contribution < -0.4 is 9.47 Å². The van der Waals surface area contributed by atoms with E-state index < -0.39 is 35.1 Å². The summed E-state index contributed by atoms with van der Waals surface area (Å²) in [6, 6.07) is 70.8. The van der Waals surface area contributed by atoms with Crippen LogP contribution in [0.2, 0.25) is 5.02 Å². The molecule has 0 saturated carbocycles. The molecule has 0 bridgehead atoms. The normalized spacial score (nSPS) is 13.6. The number of Topliss-reactive ketones (excluding diaryl/α,β-unsaturated/α-hetero) is 4. The molecule has 6 aromatic heterocycles. The van der Waals surface area contributed by atoms with Gasteiger partial charge in [0.2, 0.25) is 0 Å². The van der Waals surface area contributed by atoms with E-state index >= 15 is 0 Å². The molecule has 0 fully saturated rings. The van der Waals surface area contributed by atoms with Gasteiger partial charge in [0.15, 0.2) is 23.1 Å². The molecule has 672 valence electrons. The number of aryl methyl sites for hydroxylation is 7. The van der Waals surface area contributed by atoms with E-state index in [1.54, 1.807) is 54.8 Å². The third kappa shape index (κ3) is 18.8. The monoisotopic (exact) mass is 1840 g/mol. The molecular formula is C111H104ClN9O9S3. The van der Waals surface area contributed by atoms with Crippen molar-refractivity contribution in [3.05, 3.63) is 274 Å². The van der Waals surface area contributed by atoms with Gasteiger partial charge >= 0.3 is 0 Å². The smallest absolute Gasteiger partial charge is 0.170 e. The summed E-state index contributed by atoms with van der Waals surface area (Å²) in [5.74, 6) is 1.44. The van der Waals surface area contributed by atoms with Crippen molar-refractivity contribution < 1.29 is 42.9 Å². The van der Waals surface area contributed by atoms with Crippen molar-refractivity contribution in [1.29, 1.82) is 0 Å². The molecule has 0 radical (unpaired) electrons. The van der Waals surface area contributed by atoms with Crippen molar-refractivity contribution in [3.8, 4) is 110 Å². The van der Waals surface area contributed by atoms with E-state index in [4.69, 9.17) is 50.2 Å². The zero-order chi connectivity index (χ0) is 93.5. The molecule has 2 aliphatic heterocycles. The quantitative estimate of drug-likeness (QED) is 0.0783. The number of fused-ring (bicyclic) bond motifs is 8. The third-order valence-corrected chi connectivity index (χ3v) is 27.8. The first-order valence-electron chi connectivity index (χ1n) is 44.8. The Morgan fingerprint density at radius 1 is 0.383 bits per heavy atom. The summed E-state index contributed by atoms with van der Waals surface area (Å²) in [5.41, 5.74) is 27.0. The number of carbonyl (C=O) groups excluding carboxylic acids is 4. The van der Waals surface area contributed by atoms with E-state index in [1.165, 1.54) is 5.56 Å². The Morgan fingerprint density at radius 3 is 1.09 bits per heavy atom. The Balaban J connectivity index is 0.000000134. The number of nitrogens with zero attached hydrogens (tertiary/aromatic N) is 9. The molecule has 22 heteroatoms. The minimum absolute atomic E-state index is 0.0158. The van der Waals surface area contributed by atoms with Gasteiger partial charge in [0, 0.05) is 98.8 Å². The number of benzene rings is 12. The van der Waals surface area contributed by atoms with Crippen LogP contribution in [0.1, 0.15) is 164 Å². The minimum Gasteiger partial charge on any atom is -0.493 e. The van der Waals surface area contributed by atoms with Gasteiger partial charge in [0.1, 0.15) is 44.8 Å². The van der Waals surface area contributed by atoms with Gasteiger partial charge in [-0.25, -0.2) is 15.0 Å². The molecule has 0 amide bonds. The van der Waals surface area contributed by atoms with Gasteiger partial charge in [-0.2, -0.15) is 15.3 Å². The van der Waals surface area contributed by atoms with E-state index in [9.17, 15) is 19.2 Å². The number of thiazole rings is 3. The van der Waals surface area contributed by atoms with Gasteiger partial charge in [-0.05, 0) is 298 Å². The highest BCUT2D eigenvalue weighted by atomic mass is 35.5. The van der Waals surface area contributed by atoms with Gasteiger partial charge in [-0.15, -0.1) is 34.0 Å². The largest absolute Gasteiger partial charge is 0.493 e. The summed E-state index contributed by atoms with van der Waals surface area (Å²) in [7, 11) is 5.86. The minimum atomic E-state index is -0.793. The molecule has 0 N–H and O–H groups in total. The highest BCUT2D eigenvalue weighted by Gasteiger charge is 2.36. The fourth-order valence-corrected chi connectivity index (χ4v) is 21.5. The molecule has 2 aliphatic rings. The average molecular weight is 1840 g/mol. The Morgan fingerprint density at radius 2 is 0.714 bits per heavy atom. The molecule has 18 aromatic rings. The third-order valence-electron chi connectivity index (χ3n) is 24.1. The number of rotatable bonds is 18. The standard InChI is InChI=1S/C38H35N3O4S.C38H37N3O3S.C35H32ClN3O2S/c1-21-16-29-36(46-37(40-29)26-9-7-8-23(17-26)24-10-12-30-27(18-24)20-39-41(30)6)34(33(21)35(22(2)42)45-38(3,4)5)25-11-13-32-28(19-25)31(43)14-15-44-32;1-22-17-30-36(45-37(40-30)28-10-7-9-24(18-28)25-12-14-31-29(19-25)21-39-41(31)6)34(33(22)35(23(2)42)44-38(3,4)5)27-13-15-32-26(20-27)11-8-16-43-32;1-20-16-28-33(31(22-10-13-27(36)14-11-22)30(20)32(21(2)40)41-35(3,4)5)42-34(38-28)25-9-7-8-23(17-25)24-12-15-29-26(18-24)19-37-39(29)6/h7-13,16-20,35H,14-15H2,1-6H3;7,9-10,12-15,17-21,35H,8,11,16H2,1-6H3;7-19,32H,1-6H3/t2*35-;32-/m111/s1. The topological polar surface area (TPSA) is 207 Å². The Labute approximate surface area is 790 Å². The lowest BCUT2D eigenvalue weighted by Gasteiger charge is -2.29. The van der Waals surface area contributed by atoms with Gasteiger partial charge in [0.25, 0.3) is 0 Å². The average Bonchev–Trinajstić information content (AvgIpc) is 1.67. The lowest BCUT2D eigenvalue weighted by molar-refractivity contribution is -0.139. The number of carbonyl (C=O) groups is 4. The van der Waals surface area contributed by atoms with Crippen LogP contribution in [-0.4, -0.2) is 97.4 Å². The van der Waals surface area contributed by atoms with Crippen LogP contribution in [0.4, 0.5) is 0 Å². The molecule has 0 unspecified atom stereocenters. The predicted octanol–water partition coefficient (Wildman–Crippen LogP) is 27.8. The Kier molecular flexibility index (Phi) is 24.7. The van der Waals surface area contributed by atoms with E-state index in [1.807, 2.05) is 178 Å². The summed E-state index contributed by atoms with van der Waals surface area (Å²) < 4.78 is 39.7. The second-order valence-electron chi connectivity index (χ2n) is 37.6. The Hall–Kier alpha value is -12.8. The van der Waals surface area contributed by atoms with E-state index in [0.717, 1.165) is 220 Å². The summed E-state index contributed by atoms with van der Waals surface area (Å²) >= 11 is 11.2. The number of ketones is 4. The molecule has 0 saturated heterocycles. The lowest BCUT2D eigenvalue weighted by atomic mass is 9.88. The highest BCUT2D eigenvalue weighted by Crippen LogP contribution is 2.51. The van der Waals surface area contributed by atoms with Crippen LogP contribution in [0, 0.1) is 20.8 Å². The van der Waals surface area contributed by atoms with Gasteiger partial charge in [-0.1, -0.05) is 109 Å². The molecule has 18 nitrogen and oxygen atoms in total. The van der Waals surface area contributed by atoms with Gasteiger partial charge < -0.3 is 23.7 Å². The zero-order valence-electron chi connectivity index (χ0n) is 77.9. The van der Waals surface area contributed by atoms with Crippen LogP contribution >= 0.6 is 45.6 Å². The maximum atomic E-state index is 13.2. The van der Waals surface area contributed by atoms with Crippen LogP contribution in [0.15, 0.2) is 225 Å². The maximum absolute atomic E-state index is 13.2. The van der Waals surface area contributed by atoms with Crippen molar-refractivity contribution in [3.63, 3.8) is 0 Å². The van der Waals surface area contributed by atoms with Crippen molar-refractivity contribution in [2.75, 3.05) is 13.2 Å². The number of ether oxygens (including phenoxy) is 5. The molecule has 8 heterocycles. The summed E-state index contributed by atoms with van der Waals surface area (Å²) in [6.07, 6.45) is 5.77. The van der Waals surface area contributed by atoms with Crippen molar-refractivity contribution in [1.82, 2.24) is 44.3 Å². The molecule has 12 aromatic carbocycles. The highest BCUT2D eigenvalue weighted by molar-refractivity contribution is 7.23. The van der Waals surface area contributed by atoms with Crippen LogP contribution in [-0.2, 0) is 56.2 Å². The zero-order valence-corrected chi connectivity index (χ0v) is 81.1. The molecular weight excluding hydrogens is 1730 g/mol. The van der Waals surface area contributed by atoms with E-state index in [2.05, 4.69) is 180 Å². The maximum Gasteiger partial charge on any atom is 0.170 e. The first-order valence-corrected chi connectivity index (χ1v) is 47.6. The van der Waals surface area contributed by atoms with Crippen LogP contribution in [0.5, 0.6) is 11.5 Å². The van der Waals surface area contributed by atoms with E-state index in [-0.39, 0.29) is 23.1 Å². The SMILES string of the molecule is CC(=O)[C@@H](OC(C)(C)C)c1c(C)cc2nc(-c3cccc(-c4ccc5c(cnn5C)c4)c3)sc2c1-c1ccc(Cl)cc1.CC(=O)[C@@H](OC(C)(C)C)c1c(C)cc2nc(-c3cccc(-c4ccc5c(cnn5C)c4)c3)sc2c1-c1ccc2c(c1)C(=O)CCO2.CC(=O)[C@@H](OC(C)(C)C)c1c(C)cc2nc(-c3cccc(-c4ccc5c(cnn5C)c4)c3)sc2c1-c1ccc2c(c1)CCCO2. The number of hydrogen-bond acceptors (Lipinski definition) is 18. The molecule has 20 rings (SSSR count). The molecule has 3 atom stereocenters. The fraction of sp³-hybridized carbons (Fsp3) is 0.261. The Bertz CT molecular complexity index is 7680. The van der Waals surface area contributed by atoms with Crippen LogP contribution in [0.3, 0.4) is 0 Å². The number of hydrogen-bond donors (Lipinski definition) is 0. The second-order valence-corrected chi connectivity index (χ2v) is 41.0. The summed E-state index contributed by atoms with van der Waals surface area (Å²) in [4.78, 5) is 67.9. The van der Waals surface area contributed by atoms with Crippen molar-refractivity contribution in [2.45, 2.75) is 158 Å². The first-order chi connectivity index (χ1) is 63.5.